The van der Waals surface area contributed by atoms with E-state index in [1.807, 2.05) is 91.0 Å². The third kappa shape index (κ3) is 5.23. The van der Waals surface area contributed by atoms with Crippen molar-refractivity contribution in [2.75, 3.05) is 6.61 Å². The number of esters is 1. The van der Waals surface area contributed by atoms with E-state index in [4.69, 9.17) is 9.47 Å². The molecule has 0 radical (unpaired) electrons. The quantitative estimate of drug-likeness (QED) is 0.417. The standard InChI is InChI=1S/C27H27NO5/c29-18-10-17-23-26(30)33-25(22-15-8-3-9-16-22)24(21-13-6-2-7-14-21)28(23)27(31)32-19-20-11-4-1-5-12-20/h1-9,11-16,23-25,29H,10,17-19H2/t23-,24-,25+/m0/s1/i23+1. The van der Waals surface area contributed by atoms with Crippen molar-refractivity contribution in [3.8, 4) is 0 Å². The Kier molecular flexibility index (Phi) is 7.37. The maximum absolute atomic E-state index is 13.5. The largest absolute Gasteiger partial charge is 0.453 e. The number of aliphatic hydroxyl groups excluding tert-OH is 1. The second kappa shape index (κ2) is 10.8. The van der Waals surface area contributed by atoms with E-state index in [2.05, 4.69) is 0 Å². The molecule has 1 aliphatic heterocycles. The lowest BCUT2D eigenvalue weighted by molar-refractivity contribution is -0.173. The second-order valence-corrected chi connectivity index (χ2v) is 7.95. The Balaban J connectivity index is 1.72. The molecule has 33 heavy (non-hydrogen) atoms. The zero-order chi connectivity index (χ0) is 23.0. The van der Waals surface area contributed by atoms with Gasteiger partial charge in [-0.1, -0.05) is 91.0 Å². The van der Waals surface area contributed by atoms with Crippen LogP contribution in [-0.2, 0) is 20.9 Å². The molecule has 1 heterocycles. The third-order valence-electron chi connectivity index (χ3n) is 5.76. The predicted molar refractivity (Wildman–Crippen MR) is 123 cm³/mol. The number of aliphatic hydroxyl groups is 1. The minimum absolute atomic E-state index is 0.0885. The van der Waals surface area contributed by atoms with E-state index >= 15 is 0 Å². The highest BCUT2D eigenvalue weighted by Gasteiger charge is 2.48. The molecule has 3 aromatic carbocycles. The minimum atomic E-state index is -0.856. The molecule has 0 spiro atoms. The van der Waals surface area contributed by atoms with Crippen LogP contribution >= 0.6 is 0 Å². The number of amides is 1. The van der Waals surface area contributed by atoms with E-state index < -0.39 is 30.3 Å². The molecule has 0 bridgehead atoms. The van der Waals surface area contributed by atoms with Crippen molar-refractivity contribution in [1.29, 1.82) is 0 Å². The summed E-state index contributed by atoms with van der Waals surface area (Å²) in [5.74, 6) is -0.499. The van der Waals surface area contributed by atoms with Crippen molar-refractivity contribution < 1.29 is 24.2 Å². The van der Waals surface area contributed by atoms with Gasteiger partial charge in [0.05, 0.1) is 0 Å². The van der Waals surface area contributed by atoms with Crippen molar-refractivity contribution in [3.63, 3.8) is 0 Å². The molecule has 3 atom stereocenters. The van der Waals surface area contributed by atoms with Crippen molar-refractivity contribution in [2.45, 2.75) is 37.6 Å². The SMILES string of the molecule is O=C1O[C@H](c2ccccc2)[C@H](c2ccccc2)N(C(=O)OCc2ccccc2)[13C@H]1CCCO. The number of carbonyl (C=O) groups excluding carboxylic acids is 2. The topological polar surface area (TPSA) is 76.1 Å². The lowest BCUT2D eigenvalue weighted by atomic mass is 9.93. The molecule has 1 amide bonds. The van der Waals surface area contributed by atoms with Crippen LogP contribution in [0.1, 0.15) is 41.7 Å². The highest BCUT2D eigenvalue weighted by Crippen LogP contribution is 2.43. The van der Waals surface area contributed by atoms with Crippen LogP contribution in [0.2, 0.25) is 0 Å². The van der Waals surface area contributed by atoms with Gasteiger partial charge in [-0.25, -0.2) is 9.59 Å². The summed E-state index contributed by atoms with van der Waals surface area (Å²) in [5.41, 5.74) is 2.49. The number of hydrogen-bond acceptors (Lipinski definition) is 5. The Morgan fingerprint density at radius 3 is 2.06 bits per heavy atom. The van der Waals surface area contributed by atoms with Crippen LogP contribution in [0.25, 0.3) is 0 Å². The second-order valence-electron chi connectivity index (χ2n) is 7.95. The molecule has 1 fully saturated rings. The Bertz CT molecular complexity index is 1040. The minimum Gasteiger partial charge on any atom is -0.453 e. The lowest BCUT2D eigenvalue weighted by Gasteiger charge is -2.44. The van der Waals surface area contributed by atoms with E-state index in [0.29, 0.717) is 6.42 Å². The normalized spacial score (nSPS) is 20.2. The maximum atomic E-state index is 13.5. The van der Waals surface area contributed by atoms with Crippen LogP contribution in [-0.4, -0.2) is 34.7 Å². The molecule has 170 valence electrons. The van der Waals surface area contributed by atoms with E-state index in [0.717, 1.165) is 16.7 Å². The first-order valence-electron chi connectivity index (χ1n) is 11.1. The van der Waals surface area contributed by atoms with Crippen LogP contribution in [0.5, 0.6) is 0 Å². The average molecular weight is 447 g/mol. The summed E-state index contributed by atoms with van der Waals surface area (Å²) in [4.78, 5) is 28.1. The summed E-state index contributed by atoms with van der Waals surface area (Å²) in [5, 5.41) is 9.39. The van der Waals surface area contributed by atoms with Gasteiger partial charge >= 0.3 is 12.1 Å². The van der Waals surface area contributed by atoms with E-state index in [1.165, 1.54) is 4.90 Å². The molecule has 1 N–H and O–H groups in total. The number of nitrogens with zero attached hydrogens (tertiary/aromatic N) is 1. The van der Waals surface area contributed by atoms with Crippen LogP contribution in [0.4, 0.5) is 4.79 Å². The number of benzene rings is 3. The van der Waals surface area contributed by atoms with E-state index in [9.17, 15) is 14.7 Å². The zero-order valence-electron chi connectivity index (χ0n) is 18.2. The Hall–Kier alpha value is -3.64. The molecule has 4 rings (SSSR count). The van der Waals surface area contributed by atoms with Gasteiger partial charge in [0.1, 0.15) is 18.7 Å². The number of carbonyl (C=O) groups is 2. The fraction of sp³-hybridized carbons (Fsp3) is 0.259. The molecule has 6 heteroatoms. The molecule has 0 unspecified atom stereocenters. The fourth-order valence-electron chi connectivity index (χ4n) is 4.18. The first-order chi connectivity index (χ1) is 16.2. The first-order valence-corrected chi connectivity index (χ1v) is 11.1. The molecule has 1 aliphatic rings. The van der Waals surface area contributed by atoms with Crippen molar-refractivity contribution >= 4 is 12.1 Å². The predicted octanol–water partition coefficient (Wildman–Crippen LogP) is 4.81. The fourth-order valence-corrected chi connectivity index (χ4v) is 4.18. The molecule has 6 nitrogen and oxygen atoms in total. The van der Waals surface area contributed by atoms with E-state index in [-0.39, 0.29) is 19.6 Å². The maximum Gasteiger partial charge on any atom is 0.411 e. The average Bonchev–Trinajstić information content (AvgIpc) is 2.87. The molecular formula is C27H27NO5. The Morgan fingerprint density at radius 1 is 0.879 bits per heavy atom. The Morgan fingerprint density at radius 2 is 1.45 bits per heavy atom. The van der Waals surface area contributed by atoms with Gasteiger partial charge in [0.25, 0.3) is 0 Å². The highest BCUT2D eigenvalue weighted by molar-refractivity contribution is 5.83. The van der Waals surface area contributed by atoms with Crippen LogP contribution in [0.15, 0.2) is 91.0 Å². The number of rotatable bonds is 7. The van der Waals surface area contributed by atoms with Crippen LogP contribution in [0, 0.1) is 0 Å². The van der Waals surface area contributed by atoms with Gasteiger partial charge < -0.3 is 14.6 Å². The molecular weight excluding hydrogens is 419 g/mol. The smallest absolute Gasteiger partial charge is 0.411 e. The third-order valence-corrected chi connectivity index (χ3v) is 5.76. The zero-order valence-corrected chi connectivity index (χ0v) is 18.2. The van der Waals surface area contributed by atoms with Gasteiger partial charge in [0.2, 0.25) is 0 Å². The number of morpholine rings is 1. The lowest BCUT2D eigenvalue weighted by Crippen LogP contribution is -2.54. The highest BCUT2D eigenvalue weighted by atomic mass is 16.6. The molecule has 1 saturated heterocycles. The number of cyclic esters (lactones) is 1. The summed E-state index contributed by atoms with van der Waals surface area (Å²) in [6.07, 6.45) is -0.635. The monoisotopic (exact) mass is 446 g/mol. The van der Waals surface area contributed by atoms with E-state index in [1.54, 1.807) is 0 Å². The van der Waals surface area contributed by atoms with Gasteiger partial charge in [-0.3, -0.25) is 4.90 Å². The van der Waals surface area contributed by atoms with Gasteiger partial charge in [-0.2, -0.15) is 0 Å². The molecule has 0 saturated carbocycles. The Labute approximate surface area is 193 Å². The number of ether oxygens (including phenoxy) is 2. The van der Waals surface area contributed by atoms with Crippen molar-refractivity contribution in [3.05, 3.63) is 108 Å². The summed E-state index contributed by atoms with van der Waals surface area (Å²) < 4.78 is 11.6. The van der Waals surface area contributed by atoms with Gasteiger partial charge in [0, 0.05) is 6.61 Å². The summed E-state index contributed by atoms with van der Waals surface area (Å²) in [6.45, 7) is 0.00422. The summed E-state index contributed by atoms with van der Waals surface area (Å²) in [7, 11) is 0. The molecule has 3 aromatic rings. The van der Waals surface area contributed by atoms with Crippen molar-refractivity contribution in [2.24, 2.45) is 0 Å². The van der Waals surface area contributed by atoms with Gasteiger partial charge in [-0.05, 0) is 29.5 Å². The van der Waals surface area contributed by atoms with Crippen LogP contribution in [0.3, 0.4) is 0 Å². The molecule has 0 aromatic heterocycles. The van der Waals surface area contributed by atoms with Gasteiger partial charge in [-0.15, -0.1) is 0 Å². The summed E-state index contributed by atoms with van der Waals surface area (Å²) >= 11 is 0. The van der Waals surface area contributed by atoms with Crippen molar-refractivity contribution in [1.82, 2.24) is 4.90 Å². The summed E-state index contributed by atoms with van der Waals surface area (Å²) in [6, 6.07) is 26.9. The number of hydrogen-bond donors (Lipinski definition) is 1. The first kappa shape index (κ1) is 22.6. The van der Waals surface area contributed by atoms with Gasteiger partial charge in [0.15, 0.2) is 6.10 Å². The van der Waals surface area contributed by atoms with Crippen LogP contribution < -0.4 is 0 Å². The molecule has 0 aliphatic carbocycles.